The van der Waals surface area contributed by atoms with Crippen LogP contribution in [0.1, 0.15) is 29.4 Å². The molecule has 0 aliphatic heterocycles. The first kappa shape index (κ1) is 22.7. The van der Waals surface area contributed by atoms with Crippen LogP contribution in [-0.2, 0) is 16.0 Å². The zero-order chi connectivity index (χ0) is 23.4. The lowest BCUT2D eigenvalue weighted by Crippen LogP contribution is -2.25. The number of amides is 1. The number of nitrogens with one attached hydrogen (secondary N) is 1. The van der Waals surface area contributed by atoms with Gasteiger partial charge in [-0.2, -0.15) is 9.78 Å². The molecule has 1 N–H and O–H groups in total. The number of carbonyl (C=O) groups is 2. The number of ether oxygens (including phenoxy) is 1. The topological polar surface area (TPSA) is 90.3 Å². The minimum Gasteiger partial charge on any atom is -0.461 e. The third-order valence-electron chi connectivity index (χ3n) is 4.93. The molecule has 0 aliphatic carbocycles. The Balaban J connectivity index is 1.73. The number of carbonyl (C=O) groups excluding carboxylic acids is 2. The molecule has 2 heterocycles. The monoisotopic (exact) mass is 481 g/mol. The van der Waals surface area contributed by atoms with Crippen molar-refractivity contribution in [2.45, 2.75) is 19.8 Å². The van der Waals surface area contributed by atoms with Gasteiger partial charge in [0.05, 0.1) is 17.7 Å². The highest BCUT2D eigenvalue weighted by Crippen LogP contribution is 2.31. The minimum absolute atomic E-state index is 0.00225. The molecule has 0 unspecified atom stereocenters. The number of hydrogen-bond acceptors (Lipinski definition) is 6. The molecule has 9 heteroatoms. The second-order valence-corrected chi connectivity index (χ2v) is 8.47. The van der Waals surface area contributed by atoms with E-state index in [1.807, 2.05) is 30.3 Å². The Bertz CT molecular complexity index is 1360. The third-order valence-corrected chi connectivity index (χ3v) is 6.08. The number of esters is 1. The molecule has 0 bridgehead atoms. The summed E-state index contributed by atoms with van der Waals surface area (Å²) >= 11 is 7.14. The van der Waals surface area contributed by atoms with Crippen molar-refractivity contribution in [3.63, 3.8) is 0 Å². The molecule has 1 amide bonds. The second kappa shape index (κ2) is 9.97. The van der Waals surface area contributed by atoms with Crippen LogP contribution >= 0.6 is 22.9 Å². The molecule has 33 heavy (non-hydrogen) atoms. The van der Waals surface area contributed by atoms with Crippen LogP contribution in [0.25, 0.3) is 16.5 Å². The second-order valence-electron chi connectivity index (χ2n) is 7.15. The normalized spacial score (nSPS) is 10.8. The van der Waals surface area contributed by atoms with Crippen molar-refractivity contribution in [1.82, 2.24) is 9.78 Å². The van der Waals surface area contributed by atoms with Gasteiger partial charge in [-0.1, -0.05) is 41.9 Å². The van der Waals surface area contributed by atoms with E-state index in [9.17, 15) is 14.4 Å². The molecule has 0 aliphatic rings. The molecule has 2 aromatic heterocycles. The molecule has 0 fully saturated rings. The Labute approximate surface area is 198 Å². The van der Waals surface area contributed by atoms with E-state index in [-0.39, 0.29) is 30.0 Å². The number of aryl methyl sites for hydroxylation is 1. The average Bonchev–Trinajstić information content (AvgIpc) is 3.23. The largest absolute Gasteiger partial charge is 0.461 e. The van der Waals surface area contributed by atoms with Gasteiger partial charge in [-0.25, -0.2) is 4.79 Å². The van der Waals surface area contributed by atoms with Crippen molar-refractivity contribution >= 4 is 50.6 Å². The molecule has 7 nitrogen and oxygen atoms in total. The van der Waals surface area contributed by atoms with Gasteiger partial charge in [-0.15, -0.1) is 11.3 Å². The van der Waals surface area contributed by atoms with Gasteiger partial charge < -0.3 is 10.1 Å². The first-order chi connectivity index (χ1) is 16.0. The Hall–Kier alpha value is -3.49. The Morgan fingerprint density at radius 3 is 2.55 bits per heavy atom. The first-order valence-corrected chi connectivity index (χ1v) is 11.5. The highest BCUT2D eigenvalue weighted by Gasteiger charge is 2.23. The summed E-state index contributed by atoms with van der Waals surface area (Å²) < 4.78 is 6.27. The number of rotatable bonds is 7. The molecular weight excluding hydrogens is 462 g/mol. The molecule has 0 radical (unpaired) electrons. The van der Waals surface area contributed by atoms with Crippen molar-refractivity contribution in [2.24, 2.45) is 0 Å². The van der Waals surface area contributed by atoms with Gasteiger partial charge in [0.25, 0.3) is 5.56 Å². The van der Waals surface area contributed by atoms with Crippen LogP contribution in [0.3, 0.4) is 0 Å². The summed E-state index contributed by atoms with van der Waals surface area (Å²) in [7, 11) is 0. The Morgan fingerprint density at radius 1 is 1.12 bits per heavy atom. The van der Waals surface area contributed by atoms with Crippen molar-refractivity contribution in [3.8, 4) is 5.69 Å². The first-order valence-electron chi connectivity index (χ1n) is 10.3. The number of hydrogen-bond donors (Lipinski definition) is 1. The SMILES string of the molecule is CCOC(=O)c1nn(-c2ccc(Cl)cc2)c(=O)c2c(NC(=O)CCc3ccccc3)scc12. The Morgan fingerprint density at radius 2 is 1.85 bits per heavy atom. The lowest BCUT2D eigenvalue weighted by molar-refractivity contribution is -0.116. The number of aromatic nitrogens is 2. The molecule has 0 atom stereocenters. The quantitative estimate of drug-likeness (QED) is 0.381. The lowest BCUT2D eigenvalue weighted by atomic mass is 10.1. The number of halogens is 1. The number of nitrogens with zero attached hydrogens (tertiary/aromatic N) is 2. The Kier molecular flexibility index (Phi) is 6.86. The van der Waals surface area contributed by atoms with Gasteiger partial charge in [0.1, 0.15) is 5.00 Å². The maximum atomic E-state index is 13.4. The molecule has 0 spiro atoms. The maximum Gasteiger partial charge on any atom is 0.359 e. The fourth-order valence-corrected chi connectivity index (χ4v) is 4.42. The van der Waals surface area contributed by atoms with Gasteiger partial charge in [0.15, 0.2) is 5.69 Å². The van der Waals surface area contributed by atoms with E-state index in [0.29, 0.717) is 27.5 Å². The summed E-state index contributed by atoms with van der Waals surface area (Å²) in [5.41, 5.74) is 1.02. The van der Waals surface area contributed by atoms with Crippen LogP contribution in [0.2, 0.25) is 5.02 Å². The summed E-state index contributed by atoms with van der Waals surface area (Å²) in [6.07, 6.45) is 0.825. The predicted molar refractivity (Wildman–Crippen MR) is 130 cm³/mol. The van der Waals surface area contributed by atoms with E-state index in [0.717, 1.165) is 10.2 Å². The van der Waals surface area contributed by atoms with Crippen LogP contribution in [0.15, 0.2) is 64.8 Å². The van der Waals surface area contributed by atoms with Crippen molar-refractivity contribution in [3.05, 3.63) is 86.6 Å². The van der Waals surface area contributed by atoms with Crippen LogP contribution in [0.4, 0.5) is 5.00 Å². The van der Waals surface area contributed by atoms with E-state index in [1.165, 1.54) is 11.3 Å². The zero-order valence-electron chi connectivity index (χ0n) is 17.7. The fourth-order valence-electron chi connectivity index (χ4n) is 3.34. The van der Waals surface area contributed by atoms with E-state index in [4.69, 9.17) is 16.3 Å². The minimum atomic E-state index is -0.648. The molecule has 2 aromatic carbocycles. The molecule has 168 valence electrons. The van der Waals surface area contributed by atoms with E-state index < -0.39 is 11.5 Å². The number of benzene rings is 2. The molecule has 4 rings (SSSR count). The summed E-state index contributed by atoms with van der Waals surface area (Å²) in [6.45, 7) is 1.85. The predicted octanol–water partition coefficient (Wildman–Crippen LogP) is 4.85. The molecule has 0 saturated carbocycles. The maximum absolute atomic E-state index is 13.4. The standard InChI is InChI=1S/C24H20ClN3O4S/c1-2-32-24(31)21-18-14-33-22(26-19(29)13-8-15-6-4-3-5-7-15)20(18)23(30)28(27-21)17-11-9-16(25)10-12-17/h3-7,9-12,14H,2,8,13H2,1H3,(H,26,29). The molecule has 0 saturated heterocycles. The van der Waals surface area contributed by atoms with Gasteiger partial charge in [0.2, 0.25) is 5.91 Å². The van der Waals surface area contributed by atoms with Crippen LogP contribution in [0, 0.1) is 0 Å². The lowest BCUT2D eigenvalue weighted by Gasteiger charge is -2.10. The number of fused-ring (bicyclic) bond motifs is 1. The smallest absolute Gasteiger partial charge is 0.359 e. The van der Waals surface area contributed by atoms with Crippen LogP contribution < -0.4 is 10.9 Å². The van der Waals surface area contributed by atoms with Crippen molar-refractivity contribution in [2.75, 3.05) is 11.9 Å². The average molecular weight is 482 g/mol. The van der Waals surface area contributed by atoms with Crippen molar-refractivity contribution in [1.29, 1.82) is 0 Å². The summed E-state index contributed by atoms with van der Waals surface area (Å²) in [5.74, 6) is -0.875. The highest BCUT2D eigenvalue weighted by atomic mass is 35.5. The highest BCUT2D eigenvalue weighted by molar-refractivity contribution is 7.16. The third kappa shape index (κ3) is 4.97. The van der Waals surface area contributed by atoms with Gasteiger partial charge in [0, 0.05) is 22.2 Å². The van der Waals surface area contributed by atoms with E-state index >= 15 is 0 Å². The van der Waals surface area contributed by atoms with Gasteiger partial charge in [-0.3, -0.25) is 9.59 Å². The zero-order valence-corrected chi connectivity index (χ0v) is 19.3. The van der Waals surface area contributed by atoms with E-state index in [1.54, 1.807) is 36.6 Å². The van der Waals surface area contributed by atoms with Crippen molar-refractivity contribution < 1.29 is 14.3 Å². The fraction of sp³-hybridized carbons (Fsp3) is 0.167. The summed E-state index contributed by atoms with van der Waals surface area (Å²) in [5, 5.41) is 10.1. The number of anilines is 1. The number of thiophene rings is 1. The summed E-state index contributed by atoms with van der Waals surface area (Å²) in [6, 6.07) is 16.2. The molecular formula is C24H20ClN3O4S. The molecule has 4 aromatic rings. The van der Waals surface area contributed by atoms with Crippen LogP contribution in [0.5, 0.6) is 0 Å². The van der Waals surface area contributed by atoms with Crippen LogP contribution in [-0.4, -0.2) is 28.3 Å². The van der Waals surface area contributed by atoms with Gasteiger partial charge >= 0.3 is 5.97 Å². The van der Waals surface area contributed by atoms with Gasteiger partial charge in [-0.05, 0) is 43.2 Å². The summed E-state index contributed by atoms with van der Waals surface area (Å²) in [4.78, 5) is 38.6. The van der Waals surface area contributed by atoms with E-state index in [2.05, 4.69) is 10.4 Å².